The lowest BCUT2D eigenvalue weighted by molar-refractivity contribution is 0.350. The fraction of sp³-hybridized carbons (Fsp3) is 0.378. The van der Waals surface area contributed by atoms with Crippen LogP contribution < -0.4 is 10.5 Å². The molecule has 0 bridgehead atoms. The fourth-order valence-corrected chi connectivity index (χ4v) is 6.56. The van der Waals surface area contributed by atoms with Gasteiger partial charge >= 0.3 is 0 Å². The van der Waals surface area contributed by atoms with E-state index in [1.54, 1.807) is 17.3 Å². The lowest BCUT2D eigenvalue weighted by Gasteiger charge is -2.35. The third-order valence-corrected chi connectivity index (χ3v) is 9.81. The van der Waals surface area contributed by atoms with E-state index in [9.17, 15) is 10.2 Å². The number of rotatable bonds is 7. The molecule has 1 aliphatic heterocycles. The summed E-state index contributed by atoms with van der Waals surface area (Å²) in [6, 6.07) is 13.3. The maximum Gasteiger partial charge on any atom is 0.146 e. The highest BCUT2D eigenvalue weighted by Gasteiger charge is 2.35. The number of hydrogen-bond donors (Lipinski definition) is 3. The summed E-state index contributed by atoms with van der Waals surface area (Å²) >= 11 is 12.4. The lowest BCUT2D eigenvalue weighted by Crippen LogP contribution is -2.37. The van der Waals surface area contributed by atoms with Gasteiger partial charge in [-0.3, -0.25) is 0 Å². The monoisotopic (exact) mass is 672 g/mol. The predicted octanol–water partition coefficient (Wildman–Crippen LogP) is 8.87. The minimum atomic E-state index is -0.428. The highest BCUT2D eigenvalue weighted by atomic mass is 35.5. The van der Waals surface area contributed by atoms with E-state index in [4.69, 9.17) is 28.3 Å². The summed E-state index contributed by atoms with van der Waals surface area (Å²) in [5.74, 6) is 0.335. The zero-order valence-electron chi connectivity index (χ0n) is 28.2. The number of anilines is 1. The number of fused-ring (bicyclic) bond motifs is 2. The van der Waals surface area contributed by atoms with Crippen LogP contribution >= 0.6 is 23.2 Å². The van der Waals surface area contributed by atoms with Gasteiger partial charge in [0.15, 0.2) is 0 Å². The molecule has 1 atom stereocenters. The van der Waals surface area contributed by atoms with E-state index in [-0.39, 0.29) is 23.0 Å². The van der Waals surface area contributed by atoms with E-state index in [2.05, 4.69) is 70.2 Å². The number of hydrogen-bond acceptors (Lipinski definition) is 7. The van der Waals surface area contributed by atoms with E-state index in [0.29, 0.717) is 32.5 Å². The van der Waals surface area contributed by atoms with Gasteiger partial charge in [0.25, 0.3) is 0 Å². The number of nitrogens with zero attached hydrogens (tertiary/aromatic N) is 5. The van der Waals surface area contributed by atoms with Crippen LogP contribution in [0.5, 0.6) is 11.5 Å². The second kappa shape index (κ2) is 11.7. The smallest absolute Gasteiger partial charge is 0.146 e. The van der Waals surface area contributed by atoms with Crippen LogP contribution in [0.4, 0.5) is 5.69 Å². The maximum absolute atomic E-state index is 11.9. The maximum atomic E-state index is 11.9. The number of allylic oxidation sites excluding steroid dienone is 2. The van der Waals surface area contributed by atoms with Crippen molar-refractivity contribution in [3.63, 3.8) is 0 Å². The summed E-state index contributed by atoms with van der Waals surface area (Å²) in [7, 11) is 0. The van der Waals surface area contributed by atoms with Crippen molar-refractivity contribution in [2.45, 2.75) is 90.5 Å². The zero-order chi connectivity index (χ0) is 34.1. The van der Waals surface area contributed by atoms with Crippen molar-refractivity contribution in [1.82, 2.24) is 20.4 Å². The number of halogens is 2. The molecule has 3 N–H and O–H groups in total. The minimum absolute atomic E-state index is 0.118. The van der Waals surface area contributed by atoms with E-state index in [0.717, 1.165) is 40.8 Å². The largest absolute Gasteiger partial charge is 0.505 e. The molecule has 8 nitrogen and oxygen atoms in total. The van der Waals surface area contributed by atoms with Gasteiger partial charge in [-0.25, -0.2) is 0 Å². The molecule has 1 aliphatic carbocycles. The first kappa shape index (κ1) is 33.1. The molecule has 10 heteroatoms. The molecular weight excluding hydrogens is 631 g/mol. The Hall–Kier alpha value is -3.85. The Morgan fingerprint density at radius 1 is 0.809 bits per heavy atom. The van der Waals surface area contributed by atoms with Gasteiger partial charge in [0, 0.05) is 21.2 Å². The molecule has 0 spiro atoms. The van der Waals surface area contributed by atoms with E-state index in [1.807, 2.05) is 49.4 Å². The second-order valence-corrected chi connectivity index (χ2v) is 15.9. The number of benzene rings is 3. The normalized spacial score (nSPS) is 16.9. The Kier molecular flexibility index (Phi) is 8.22. The van der Waals surface area contributed by atoms with Gasteiger partial charge in [-0.05, 0) is 89.6 Å². The number of phenolic OH excluding ortho intramolecular Hbond substituents is 2. The summed E-state index contributed by atoms with van der Waals surface area (Å²) in [6.45, 7) is 17.1. The quantitative estimate of drug-likeness (QED) is 0.181. The van der Waals surface area contributed by atoms with Gasteiger partial charge in [-0.2, -0.15) is 15.6 Å². The average molecular weight is 674 g/mol. The SMILES string of the molecule is Cc1cc(-n2nc3ccc(Cl)cc3n2)c(O)c(C(C)(C)CCC(C)(C)c2cc(C(C)(C)C)cc(N3N=C4C=C(Cl)C=CC4N3)c2O)c1. The molecule has 3 aromatic carbocycles. The summed E-state index contributed by atoms with van der Waals surface area (Å²) < 4.78 is 0. The van der Waals surface area contributed by atoms with Crippen LogP contribution in [0.2, 0.25) is 5.02 Å². The van der Waals surface area contributed by atoms with Crippen molar-refractivity contribution < 1.29 is 10.2 Å². The van der Waals surface area contributed by atoms with Crippen molar-refractivity contribution in [2.24, 2.45) is 5.10 Å². The standard InChI is InChI=1S/C37H42Cl2N6O2/c1-21-15-25(33(46)31(16-21)44-40-27-11-9-23(38)19-29(27)42-44)36(5,6)13-14-37(7,8)26-17-22(35(2,3)4)18-32(34(26)47)45-41-28-12-10-24(39)20-30(28)43-45/h9-12,15-20,28,41,46-47H,13-14H2,1-8H3. The molecule has 0 radical (unpaired) electrons. The molecule has 2 heterocycles. The Labute approximate surface area is 286 Å². The number of aromatic nitrogens is 3. The van der Waals surface area contributed by atoms with Gasteiger partial charge in [0.05, 0.1) is 11.8 Å². The predicted molar refractivity (Wildman–Crippen MR) is 192 cm³/mol. The number of hydrazine groups is 1. The zero-order valence-corrected chi connectivity index (χ0v) is 29.7. The number of hydrazone groups is 1. The van der Waals surface area contributed by atoms with Gasteiger partial charge in [0.2, 0.25) is 0 Å². The van der Waals surface area contributed by atoms with Crippen molar-refractivity contribution >= 4 is 45.6 Å². The van der Waals surface area contributed by atoms with E-state index < -0.39 is 10.8 Å². The number of aryl methyl sites for hydroxylation is 1. The molecule has 2 aliphatic rings. The number of nitrogens with one attached hydrogen (secondary N) is 1. The van der Waals surface area contributed by atoms with Crippen molar-refractivity contribution in [1.29, 1.82) is 0 Å². The molecule has 1 aromatic heterocycles. The molecule has 0 amide bonds. The van der Waals surface area contributed by atoms with Crippen LogP contribution in [0.1, 0.15) is 83.6 Å². The first-order valence-corrected chi connectivity index (χ1v) is 16.6. The highest BCUT2D eigenvalue weighted by molar-refractivity contribution is 6.33. The van der Waals surface area contributed by atoms with E-state index in [1.165, 1.54) is 4.80 Å². The van der Waals surface area contributed by atoms with Gasteiger partial charge in [0.1, 0.15) is 33.9 Å². The molecule has 246 valence electrons. The minimum Gasteiger partial charge on any atom is -0.505 e. The van der Waals surface area contributed by atoms with Crippen LogP contribution in [0.15, 0.2) is 70.8 Å². The Bertz CT molecular complexity index is 1980. The lowest BCUT2D eigenvalue weighted by atomic mass is 9.71. The van der Waals surface area contributed by atoms with Gasteiger partial charge in [-0.1, -0.05) is 89.9 Å². The summed E-state index contributed by atoms with van der Waals surface area (Å²) in [6.07, 6.45) is 7.11. The Balaban J connectivity index is 1.32. The summed E-state index contributed by atoms with van der Waals surface area (Å²) in [5, 5.41) is 40.3. The van der Waals surface area contributed by atoms with Gasteiger partial charge < -0.3 is 10.2 Å². The summed E-state index contributed by atoms with van der Waals surface area (Å²) in [5.41, 5.74) is 9.36. The molecular formula is C37H42Cl2N6O2. The molecule has 6 rings (SSSR count). The molecule has 4 aromatic rings. The van der Waals surface area contributed by atoms with Crippen LogP contribution in [0, 0.1) is 6.92 Å². The molecule has 0 saturated carbocycles. The van der Waals surface area contributed by atoms with Crippen LogP contribution in [0.3, 0.4) is 0 Å². The van der Waals surface area contributed by atoms with E-state index >= 15 is 0 Å². The van der Waals surface area contributed by atoms with Gasteiger partial charge in [-0.15, -0.1) is 15.0 Å². The molecule has 0 fully saturated rings. The summed E-state index contributed by atoms with van der Waals surface area (Å²) in [4.78, 5) is 1.48. The average Bonchev–Trinajstić information content (AvgIpc) is 3.60. The Morgan fingerprint density at radius 2 is 1.45 bits per heavy atom. The topological polar surface area (TPSA) is 98.8 Å². The Morgan fingerprint density at radius 3 is 2.13 bits per heavy atom. The number of phenols is 2. The van der Waals surface area contributed by atoms with Crippen molar-refractivity contribution in [3.8, 4) is 17.2 Å². The molecule has 0 saturated heterocycles. The highest BCUT2D eigenvalue weighted by Crippen LogP contribution is 2.47. The number of aromatic hydroxyl groups is 2. The first-order chi connectivity index (χ1) is 21.9. The van der Waals surface area contributed by atoms with Crippen LogP contribution in [-0.2, 0) is 16.2 Å². The fourth-order valence-electron chi connectivity index (χ4n) is 6.21. The third-order valence-electron chi connectivity index (χ3n) is 9.34. The van der Waals surface area contributed by atoms with Crippen LogP contribution in [-0.4, -0.2) is 37.0 Å². The van der Waals surface area contributed by atoms with Crippen molar-refractivity contribution in [3.05, 3.63) is 93.0 Å². The van der Waals surface area contributed by atoms with Crippen molar-refractivity contribution in [2.75, 3.05) is 5.12 Å². The molecule has 47 heavy (non-hydrogen) atoms. The molecule has 1 unspecified atom stereocenters. The van der Waals surface area contributed by atoms with Crippen LogP contribution in [0.25, 0.3) is 16.7 Å². The first-order valence-electron chi connectivity index (χ1n) is 15.9. The third kappa shape index (κ3) is 6.39. The second-order valence-electron chi connectivity index (χ2n) is 15.0.